The summed E-state index contributed by atoms with van der Waals surface area (Å²) in [6.45, 7) is 2.27. The molecule has 1 heterocycles. The number of halogens is 1. The summed E-state index contributed by atoms with van der Waals surface area (Å²) in [7, 11) is 0. The number of aliphatic carboxylic acids is 1. The third-order valence-corrected chi connectivity index (χ3v) is 5.80. The van der Waals surface area contributed by atoms with Crippen LogP contribution >= 0.6 is 0 Å². The summed E-state index contributed by atoms with van der Waals surface area (Å²) in [5, 5.41) is 12.0. The first-order valence-corrected chi connectivity index (χ1v) is 12.1. The van der Waals surface area contributed by atoms with Crippen molar-refractivity contribution < 1.29 is 28.2 Å². The number of carboxylic acid groups (broad SMARTS) is 1. The Morgan fingerprint density at radius 2 is 1.76 bits per heavy atom. The molecule has 7 nitrogen and oxygen atoms in total. The van der Waals surface area contributed by atoms with E-state index in [1.807, 2.05) is 37.3 Å². The fourth-order valence-electron chi connectivity index (χ4n) is 3.75. The average Bonchev–Trinajstić information content (AvgIpc) is 3.29. The minimum atomic E-state index is -1.15. The number of aryl methyl sites for hydroxylation is 1. The van der Waals surface area contributed by atoms with Crippen molar-refractivity contribution in [3.8, 4) is 17.2 Å². The van der Waals surface area contributed by atoms with Crippen LogP contribution < -0.4 is 10.1 Å². The van der Waals surface area contributed by atoms with Gasteiger partial charge in [0.25, 0.3) is 0 Å². The molecule has 0 aliphatic carbocycles. The fourth-order valence-corrected chi connectivity index (χ4v) is 3.75. The standard InChI is InChI=1S/C30H27FN2O5/c1-20-26(33-29(38-20)23-5-3-2-4-6-23)17-18-37-25-14-9-22(10-15-25)19-27(30(35)36)32-28(34)16-11-21-7-12-24(31)13-8-21/h2-16,27H,17-19H2,1H3,(H,32,34)(H,35,36)/b16-11+/t27-/m0/s1. The van der Waals surface area contributed by atoms with Gasteiger partial charge in [0.05, 0.1) is 12.3 Å². The quantitative estimate of drug-likeness (QED) is 0.266. The number of aromatic nitrogens is 1. The zero-order chi connectivity index (χ0) is 26.9. The highest BCUT2D eigenvalue weighted by molar-refractivity contribution is 5.94. The molecule has 3 aromatic carbocycles. The molecule has 0 aliphatic rings. The molecule has 1 amide bonds. The molecule has 0 saturated carbocycles. The molecule has 4 aromatic rings. The predicted octanol–water partition coefficient (Wildman–Crippen LogP) is 5.24. The van der Waals surface area contributed by atoms with Gasteiger partial charge in [-0.15, -0.1) is 0 Å². The highest BCUT2D eigenvalue weighted by Gasteiger charge is 2.19. The molecule has 0 bridgehead atoms. The minimum Gasteiger partial charge on any atom is -0.493 e. The van der Waals surface area contributed by atoms with E-state index in [0.717, 1.165) is 22.6 Å². The molecule has 4 rings (SSSR count). The van der Waals surface area contributed by atoms with Crippen molar-refractivity contribution in [3.63, 3.8) is 0 Å². The second-order valence-corrected chi connectivity index (χ2v) is 8.62. The molecule has 8 heteroatoms. The van der Waals surface area contributed by atoms with Crippen molar-refractivity contribution in [1.82, 2.24) is 10.3 Å². The van der Waals surface area contributed by atoms with Crippen molar-refractivity contribution in [2.24, 2.45) is 0 Å². The van der Waals surface area contributed by atoms with E-state index in [2.05, 4.69) is 10.3 Å². The maximum Gasteiger partial charge on any atom is 0.326 e. The normalized spacial score (nSPS) is 11.8. The molecule has 0 spiro atoms. The monoisotopic (exact) mass is 514 g/mol. The van der Waals surface area contributed by atoms with E-state index in [4.69, 9.17) is 9.15 Å². The van der Waals surface area contributed by atoms with Gasteiger partial charge in [-0.1, -0.05) is 42.5 Å². The van der Waals surface area contributed by atoms with Crippen molar-refractivity contribution >= 4 is 18.0 Å². The average molecular weight is 515 g/mol. The number of benzene rings is 3. The molecule has 2 N–H and O–H groups in total. The van der Waals surface area contributed by atoms with Crippen LogP contribution in [0.2, 0.25) is 0 Å². The number of rotatable bonds is 11. The molecule has 0 aliphatic heterocycles. The molecular formula is C30H27FN2O5. The lowest BCUT2D eigenvalue weighted by atomic mass is 10.1. The van der Waals surface area contributed by atoms with Gasteiger partial charge in [0.1, 0.15) is 23.4 Å². The summed E-state index contributed by atoms with van der Waals surface area (Å²) >= 11 is 0. The summed E-state index contributed by atoms with van der Waals surface area (Å²) in [6, 6.07) is 21.2. The first kappa shape index (κ1) is 26.3. The van der Waals surface area contributed by atoms with Gasteiger partial charge in [-0.05, 0) is 60.5 Å². The largest absolute Gasteiger partial charge is 0.493 e. The van der Waals surface area contributed by atoms with Gasteiger partial charge in [-0.25, -0.2) is 14.2 Å². The molecule has 1 atom stereocenters. The number of nitrogens with zero attached hydrogens (tertiary/aromatic N) is 1. The smallest absolute Gasteiger partial charge is 0.326 e. The number of oxazole rings is 1. The Hall–Kier alpha value is -4.72. The molecule has 38 heavy (non-hydrogen) atoms. The van der Waals surface area contributed by atoms with Crippen LogP contribution in [0.1, 0.15) is 22.6 Å². The zero-order valence-electron chi connectivity index (χ0n) is 20.8. The Morgan fingerprint density at radius 3 is 2.45 bits per heavy atom. The van der Waals surface area contributed by atoms with Crippen molar-refractivity contribution in [2.45, 2.75) is 25.8 Å². The Morgan fingerprint density at radius 1 is 1.05 bits per heavy atom. The van der Waals surface area contributed by atoms with Gasteiger partial charge in [-0.2, -0.15) is 0 Å². The lowest BCUT2D eigenvalue weighted by Crippen LogP contribution is -2.41. The van der Waals surface area contributed by atoms with Crippen LogP contribution in [0.15, 0.2) is 89.4 Å². The molecule has 0 fully saturated rings. The van der Waals surface area contributed by atoms with E-state index < -0.39 is 17.9 Å². The van der Waals surface area contributed by atoms with E-state index in [-0.39, 0.29) is 12.2 Å². The second kappa shape index (κ2) is 12.5. The van der Waals surface area contributed by atoms with Crippen LogP contribution in [0.4, 0.5) is 4.39 Å². The van der Waals surface area contributed by atoms with Crippen molar-refractivity contribution in [2.75, 3.05) is 6.61 Å². The van der Waals surface area contributed by atoms with Gasteiger partial charge in [-0.3, -0.25) is 4.79 Å². The van der Waals surface area contributed by atoms with Gasteiger partial charge < -0.3 is 19.6 Å². The van der Waals surface area contributed by atoms with E-state index in [0.29, 0.717) is 30.2 Å². The minimum absolute atomic E-state index is 0.103. The van der Waals surface area contributed by atoms with Crippen LogP contribution in [0.25, 0.3) is 17.5 Å². The Balaban J connectivity index is 1.28. The number of ether oxygens (including phenoxy) is 1. The number of hydrogen-bond acceptors (Lipinski definition) is 5. The molecule has 0 unspecified atom stereocenters. The lowest BCUT2D eigenvalue weighted by molar-refractivity contribution is -0.141. The topological polar surface area (TPSA) is 102 Å². The SMILES string of the molecule is Cc1oc(-c2ccccc2)nc1CCOc1ccc(C[C@H](NC(=O)/C=C/c2ccc(F)cc2)C(=O)O)cc1. The summed E-state index contributed by atoms with van der Waals surface area (Å²) < 4.78 is 24.6. The number of carboxylic acids is 1. The summed E-state index contributed by atoms with van der Waals surface area (Å²) in [5.41, 5.74) is 3.10. The fraction of sp³-hybridized carbons (Fsp3) is 0.167. The molecule has 1 aromatic heterocycles. The van der Waals surface area contributed by atoms with Crippen LogP contribution in [-0.2, 0) is 22.4 Å². The highest BCUT2D eigenvalue weighted by Crippen LogP contribution is 2.22. The number of hydrogen-bond donors (Lipinski definition) is 2. The number of carbonyl (C=O) groups is 2. The lowest BCUT2D eigenvalue weighted by Gasteiger charge is -2.14. The Bertz CT molecular complexity index is 1400. The van der Waals surface area contributed by atoms with Gasteiger partial charge in [0.15, 0.2) is 0 Å². The van der Waals surface area contributed by atoms with Gasteiger partial charge in [0.2, 0.25) is 11.8 Å². The molecule has 0 saturated heterocycles. The van der Waals surface area contributed by atoms with E-state index in [1.54, 1.807) is 24.3 Å². The number of amides is 1. The van der Waals surface area contributed by atoms with E-state index in [1.165, 1.54) is 36.4 Å². The second-order valence-electron chi connectivity index (χ2n) is 8.62. The summed E-state index contributed by atoms with van der Waals surface area (Å²) in [4.78, 5) is 28.5. The Kier molecular flexibility index (Phi) is 8.66. The molecule has 0 radical (unpaired) electrons. The maximum atomic E-state index is 13.0. The van der Waals surface area contributed by atoms with Gasteiger partial charge in [0, 0.05) is 24.5 Å². The molecular weight excluding hydrogens is 487 g/mol. The van der Waals surface area contributed by atoms with Crippen LogP contribution in [0, 0.1) is 12.7 Å². The van der Waals surface area contributed by atoms with Crippen LogP contribution in [0.5, 0.6) is 5.75 Å². The maximum absolute atomic E-state index is 13.0. The van der Waals surface area contributed by atoms with Crippen LogP contribution in [-0.4, -0.2) is 34.6 Å². The van der Waals surface area contributed by atoms with Crippen molar-refractivity contribution in [3.05, 3.63) is 113 Å². The molecule has 194 valence electrons. The Labute approximate surface area is 219 Å². The predicted molar refractivity (Wildman–Crippen MR) is 141 cm³/mol. The van der Waals surface area contributed by atoms with E-state index in [9.17, 15) is 19.1 Å². The third kappa shape index (κ3) is 7.39. The number of nitrogens with one attached hydrogen (secondary N) is 1. The van der Waals surface area contributed by atoms with Crippen LogP contribution in [0.3, 0.4) is 0 Å². The van der Waals surface area contributed by atoms with Gasteiger partial charge >= 0.3 is 5.97 Å². The first-order valence-electron chi connectivity index (χ1n) is 12.1. The zero-order valence-corrected chi connectivity index (χ0v) is 20.8. The number of carbonyl (C=O) groups excluding carboxylic acids is 1. The highest BCUT2D eigenvalue weighted by atomic mass is 19.1. The third-order valence-electron chi connectivity index (χ3n) is 5.80. The van der Waals surface area contributed by atoms with E-state index >= 15 is 0 Å². The summed E-state index contributed by atoms with van der Waals surface area (Å²) in [5.74, 6) is -0.120. The van der Waals surface area contributed by atoms with Crippen molar-refractivity contribution in [1.29, 1.82) is 0 Å². The summed E-state index contributed by atoms with van der Waals surface area (Å²) in [6.07, 6.45) is 3.39. The first-order chi connectivity index (χ1) is 18.4.